The van der Waals surface area contributed by atoms with Crippen LogP contribution < -0.4 is 0 Å². The molecule has 1 saturated heterocycles. The molecule has 1 aromatic heterocycles. The van der Waals surface area contributed by atoms with Crippen LogP contribution in [0.3, 0.4) is 0 Å². The minimum Gasteiger partial charge on any atom is -0.392 e. The molecule has 1 N–H and O–H groups in total. The van der Waals surface area contributed by atoms with Gasteiger partial charge in [-0.1, -0.05) is 12.1 Å². The van der Waals surface area contributed by atoms with E-state index in [0.29, 0.717) is 19.0 Å². The van der Waals surface area contributed by atoms with Crippen LogP contribution in [0.2, 0.25) is 0 Å². The number of aliphatic hydroxyl groups is 1. The average molecular weight is 317 g/mol. The van der Waals surface area contributed by atoms with Crippen LogP contribution >= 0.6 is 0 Å². The van der Waals surface area contributed by atoms with Gasteiger partial charge in [-0.15, -0.1) is 0 Å². The Bertz CT molecular complexity index is 683. The number of halogens is 1. The van der Waals surface area contributed by atoms with Crippen molar-refractivity contribution in [2.75, 3.05) is 6.54 Å². The summed E-state index contributed by atoms with van der Waals surface area (Å²) in [6.45, 7) is 7.54. The van der Waals surface area contributed by atoms with Crippen molar-refractivity contribution in [1.29, 1.82) is 0 Å². The maximum Gasteiger partial charge on any atom is 0.123 e. The summed E-state index contributed by atoms with van der Waals surface area (Å²) < 4.78 is 15.5. The lowest BCUT2D eigenvalue weighted by atomic mass is 10.0. The number of aliphatic hydroxyl groups excluding tert-OH is 1. The third-order valence-electron chi connectivity index (χ3n) is 4.54. The maximum absolute atomic E-state index is 13.5. The molecule has 0 amide bonds. The van der Waals surface area contributed by atoms with Crippen LogP contribution in [-0.2, 0) is 6.54 Å². The maximum atomic E-state index is 13.5. The normalized spacial score (nSPS) is 22.2. The molecule has 0 unspecified atom stereocenters. The zero-order valence-electron chi connectivity index (χ0n) is 13.9. The van der Waals surface area contributed by atoms with Gasteiger partial charge in [0.15, 0.2) is 0 Å². The average Bonchev–Trinajstić information content (AvgIpc) is 3.03. The predicted molar refractivity (Wildman–Crippen MR) is 87.5 cm³/mol. The second-order valence-electron chi connectivity index (χ2n) is 6.70. The molecule has 0 radical (unpaired) electrons. The smallest absolute Gasteiger partial charge is 0.123 e. The molecule has 1 aliphatic rings. The van der Waals surface area contributed by atoms with Crippen molar-refractivity contribution in [3.05, 3.63) is 53.1 Å². The Labute approximate surface area is 136 Å². The number of likely N-dealkylation sites (tertiary alicyclic amines) is 1. The van der Waals surface area contributed by atoms with Crippen molar-refractivity contribution < 1.29 is 9.50 Å². The number of aryl methyl sites for hydroxylation is 1. The summed E-state index contributed by atoms with van der Waals surface area (Å²) in [7, 11) is 0. The molecule has 3 rings (SSSR count). The number of aromatic nitrogens is 2. The molecular formula is C18H24FN3O. The molecule has 124 valence electrons. The van der Waals surface area contributed by atoms with Gasteiger partial charge in [-0.2, -0.15) is 5.10 Å². The van der Waals surface area contributed by atoms with Gasteiger partial charge in [-0.3, -0.25) is 9.58 Å². The molecule has 1 fully saturated rings. The number of benzene rings is 1. The molecule has 5 heteroatoms. The number of hydrogen-bond donors (Lipinski definition) is 1. The number of rotatable bonds is 4. The number of β-amino-alcohol motifs (C(OH)–C–C–N with tert-alkyl or cyclic N) is 1. The lowest BCUT2D eigenvalue weighted by Gasteiger charge is -2.24. The molecule has 0 spiro atoms. The third kappa shape index (κ3) is 3.46. The molecule has 0 bridgehead atoms. The van der Waals surface area contributed by atoms with Crippen molar-refractivity contribution >= 4 is 0 Å². The van der Waals surface area contributed by atoms with Gasteiger partial charge in [0.05, 0.1) is 11.8 Å². The molecule has 2 heterocycles. The standard InChI is InChI=1S/C18H24FN3O/c1-12(2)22-10-15(13(3)20-22)9-21-11-17(23)8-18(21)14-5-4-6-16(19)7-14/h4-7,10,12,17-18,23H,8-9,11H2,1-3H3/t17-,18+/m1/s1. The second-order valence-corrected chi connectivity index (χ2v) is 6.70. The van der Waals surface area contributed by atoms with Crippen LogP contribution in [0.25, 0.3) is 0 Å². The van der Waals surface area contributed by atoms with Crippen molar-refractivity contribution in [2.24, 2.45) is 0 Å². The molecule has 1 aromatic carbocycles. The van der Waals surface area contributed by atoms with E-state index in [4.69, 9.17) is 0 Å². The molecule has 2 aromatic rings. The van der Waals surface area contributed by atoms with Gasteiger partial charge in [0.1, 0.15) is 5.82 Å². The highest BCUT2D eigenvalue weighted by molar-refractivity contribution is 5.23. The fourth-order valence-corrected chi connectivity index (χ4v) is 3.27. The fourth-order valence-electron chi connectivity index (χ4n) is 3.27. The van der Waals surface area contributed by atoms with Crippen LogP contribution in [0.1, 0.15) is 49.2 Å². The van der Waals surface area contributed by atoms with Gasteiger partial charge in [0, 0.05) is 36.9 Å². The molecular weight excluding hydrogens is 293 g/mol. The van der Waals surface area contributed by atoms with Gasteiger partial charge in [0.2, 0.25) is 0 Å². The molecule has 2 atom stereocenters. The van der Waals surface area contributed by atoms with Gasteiger partial charge < -0.3 is 5.11 Å². The minimum atomic E-state index is -0.372. The Morgan fingerprint density at radius 2 is 2.17 bits per heavy atom. The Balaban J connectivity index is 1.83. The van der Waals surface area contributed by atoms with Crippen molar-refractivity contribution in [1.82, 2.24) is 14.7 Å². The van der Waals surface area contributed by atoms with E-state index >= 15 is 0 Å². The largest absolute Gasteiger partial charge is 0.392 e. The summed E-state index contributed by atoms with van der Waals surface area (Å²) in [5.41, 5.74) is 3.10. The zero-order valence-corrected chi connectivity index (χ0v) is 13.9. The van der Waals surface area contributed by atoms with Crippen LogP contribution in [-0.4, -0.2) is 32.4 Å². The van der Waals surface area contributed by atoms with Gasteiger partial charge in [-0.05, 0) is 44.9 Å². The van der Waals surface area contributed by atoms with Crippen molar-refractivity contribution in [3.63, 3.8) is 0 Å². The van der Waals surface area contributed by atoms with Crippen LogP contribution in [0.4, 0.5) is 4.39 Å². The minimum absolute atomic E-state index is 0.0440. The van der Waals surface area contributed by atoms with Crippen LogP contribution in [0.5, 0.6) is 0 Å². The van der Waals surface area contributed by atoms with E-state index in [2.05, 4.69) is 30.0 Å². The van der Waals surface area contributed by atoms with Gasteiger partial charge >= 0.3 is 0 Å². The first kappa shape index (κ1) is 16.1. The lowest BCUT2D eigenvalue weighted by molar-refractivity contribution is 0.172. The van der Waals surface area contributed by atoms with E-state index in [0.717, 1.165) is 23.4 Å². The molecule has 0 saturated carbocycles. The monoisotopic (exact) mass is 317 g/mol. The first-order valence-corrected chi connectivity index (χ1v) is 8.16. The summed E-state index contributed by atoms with van der Waals surface area (Å²) >= 11 is 0. The Hall–Kier alpha value is -1.72. The molecule has 1 aliphatic heterocycles. The summed E-state index contributed by atoms with van der Waals surface area (Å²) in [6.07, 6.45) is 2.34. The van der Waals surface area contributed by atoms with E-state index in [1.54, 1.807) is 12.1 Å². The van der Waals surface area contributed by atoms with Crippen LogP contribution in [0, 0.1) is 12.7 Å². The van der Waals surface area contributed by atoms with Crippen molar-refractivity contribution in [3.8, 4) is 0 Å². The van der Waals surface area contributed by atoms with Crippen LogP contribution in [0.15, 0.2) is 30.5 Å². The Kier molecular flexibility index (Phi) is 4.50. The van der Waals surface area contributed by atoms with Gasteiger partial charge in [-0.25, -0.2) is 4.39 Å². The first-order chi connectivity index (χ1) is 10.9. The number of nitrogens with zero attached hydrogens (tertiary/aromatic N) is 3. The highest BCUT2D eigenvalue weighted by Gasteiger charge is 2.32. The third-order valence-corrected chi connectivity index (χ3v) is 4.54. The predicted octanol–water partition coefficient (Wildman–Crippen LogP) is 3.22. The highest BCUT2D eigenvalue weighted by atomic mass is 19.1. The Morgan fingerprint density at radius 3 is 2.83 bits per heavy atom. The quantitative estimate of drug-likeness (QED) is 0.941. The van der Waals surface area contributed by atoms with E-state index < -0.39 is 0 Å². The van der Waals surface area contributed by atoms with Crippen molar-refractivity contribution in [2.45, 2.75) is 51.9 Å². The summed E-state index contributed by atoms with van der Waals surface area (Å²) in [5, 5.41) is 14.6. The second kappa shape index (κ2) is 6.42. The first-order valence-electron chi connectivity index (χ1n) is 8.16. The number of hydrogen-bond acceptors (Lipinski definition) is 3. The van der Waals surface area contributed by atoms with E-state index in [1.165, 1.54) is 6.07 Å². The fraction of sp³-hybridized carbons (Fsp3) is 0.500. The molecule has 4 nitrogen and oxygen atoms in total. The van der Waals surface area contributed by atoms with E-state index in [-0.39, 0.29) is 18.0 Å². The SMILES string of the molecule is Cc1nn(C(C)C)cc1CN1C[C@H](O)C[C@H]1c1cccc(F)c1. The van der Waals surface area contributed by atoms with Gasteiger partial charge in [0.25, 0.3) is 0 Å². The lowest BCUT2D eigenvalue weighted by Crippen LogP contribution is -2.24. The zero-order chi connectivity index (χ0) is 16.6. The Morgan fingerprint density at radius 1 is 1.39 bits per heavy atom. The van der Waals surface area contributed by atoms with E-state index in [1.807, 2.05) is 17.7 Å². The van der Waals surface area contributed by atoms with E-state index in [9.17, 15) is 9.50 Å². The summed E-state index contributed by atoms with van der Waals surface area (Å²) in [5.74, 6) is -0.229. The molecule has 0 aliphatic carbocycles. The summed E-state index contributed by atoms with van der Waals surface area (Å²) in [4.78, 5) is 2.22. The summed E-state index contributed by atoms with van der Waals surface area (Å²) in [6, 6.07) is 7.06. The molecule has 23 heavy (non-hydrogen) atoms. The highest BCUT2D eigenvalue weighted by Crippen LogP contribution is 2.34. The topological polar surface area (TPSA) is 41.3 Å².